The number of hydrogen-bond acceptors (Lipinski definition) is 6. The zero-order valence-corrected chi connectivity index (χ0v) is 23.4. The van der Waals surface area contributed by atoms with Crippen LogP contribution in [0.25, 0.3) is 0 Å². The summed E-state index contributed by atoms with van der Waals surface area (Å²) in [5.41, 5.74) is 3.52. The van der Waals surface area contributed by atoms with E-state index in [0.29, 0.717) is 29.0 Å². The molecule has 0 aliphatic rings. The highest BCUT2D eigenvalue weighted by Gasteiger charge is 2.09. The second-order valence-corrected chi connectivity index (χ2v) is 9.54. The van der Waals surface area contributed by atoms with E-state index in [9.17, 15) is 14.4 Å². The number of carbonyl (C=O) groups excluding carboxylic acids is 3. The van der Waals surface area contributed by atoms with Crippen molar-refractivity contribution in [2.24, 2.45) is 5.10 Å². The fourth-order valence-electron chi connectivity index (χ4n) is 3.95. The summed E-state index contributed by atoms with van der Waals surface area (Å²) in [5.74, 6) is 0.0482. The Balaban J connectivity index is 1.54. The maximum Gasteiger partial charge on any atom is 0.343 e. The summed E-state index contributed by atoms with van der Waals surface area (Å²) in [6, 6.07) is 13.3. The molecule has 0 spiro atoms. The number of carbonyl (C=O) groups is 3. The zero-order chi connectivity index (χ0) is 28.1. The van der Waals surface area contributed by atoms with Gasteiger partial charge in [0, 0.05) is 6.42 Å². The minimum Gasteiger partial charge on any atom is -0.497 e. The molecule has 0 saturated heterocycles. The number of nitrogens with zero attached hydrogens (tertiary/aromatic N) is 1. The van der Waals surface area contributed by atoms with Gasteiger partial charge in [-0.1, -0.05) is 71.1 Å². The Morgan fingerprint density at radius 2 is 1.31 bits per heavy atom. The van der Waals surface area contributed by atoms with E-state index in [2.05, 4.69) is 22.8 Å². The molecule has 0 bridgehead atoms. The molecule has 0 radical (unpaired) electrons. The van der Waals surface area contributed by atoms with Gasteiger partial charge in [0.2, 0.25) is 5.91 Å². The van der Waals surface area contributed by atoms with Gasteiger partial charge in [-0.15, -0.1) is 0 Å². The molecule has 0 unspecified atom stereocenters. The van der Waals surface area contributed by atoms with Crippen molar-refractivity contribution in [3.8, 4) is 11.5 Å². The Morgan fingerprint density at radius 3 is 1.90 bits per heavy atom. The topological polar surface area (TPSA) is 106 Å². The summed E-state index contributed by atoms with van der Waals surface area (Å²) in [6.45, 7) is 2.12. The molecule has 0 aliphatic heterocycles. The van der Waals surface area contributed by atoms with Gasteiger partial charge < -0.3 is 14.8 Å². The van der Waals surface area contributed by atoms with E-state index in [1.807, 2.05) is 0 Å². The number of rotatable bonds is 19. The second kappa shape index (κ2) is 19.4. The lowest BCUT2D eigenvalue weighted by Crippen LogP contribution is -2.34. The molecule has 2 aromatic rings. The van der Waals surface area contributed by atoms with Crippen LogP contribution in [0.4, 0.5) is 0 Å². The first kappa shape index (κ1) is 31.5. The molecule has 0 fully saturated rings. The largest absolute Gasteiger partial charge is 0.497 e. The molecule has 8 heteroatoms. The molecule has 0 aromatic heterocycles. The zero-order valence-electron chi connectivity index (χ0n) is 23.4. The monoisotopic (exact) mass is 537 g/mol. The third kappa shape index (κ3) is 14.2. The van der Waals surface area contributed by atoms with Crippen molar-refractivity contribution in [1.82, 2.24) is 10.7 Å². The molecular formula is C31H43N3O5. The molecule has 2 amide bonds. The van der Waals surface area contributed by atoms with Crippen LogP contribution in [-0.2, 0) is 9.59 Å². The average Bonchev–Trinajstić information content (AvgIpc) is 2.95. The third-order valence-electron chi connectivity index (χ3n) is 6.27. The summed E-state index contributed by atoms with van der Waals surface area (Å²) < 4.78 is 10.4. The van der Waals surface area contributed by atoms with Crippen LogP contribution in [0.1, 0.15) is 99.9 Å². The predicted molar refractivity (Wildman–Crippen MR) is 154 cm³/mol. The average molecular weight is 538 g/mol. The number of hydrogen-bond donors (Lipinski definition) is 2. The molecule has 39 heavy (non-hydrogen) atoms. The van der Waals surface area contributed by atoms with Crippen molar-refractivity contribution in [3.63, 3.8) is 0 Å². The highest BCUT2D eigenvalue weighted by molar-refractivity contribution is 5.91. The molecule has 2 rings (SSSR count). The van der Waals surface area contributed by atoms with E-state index >= 15 is 0 Å². The minimum atomic E-state index is -0.475. The number of hydrazone groups is 1. The summed E-state index contributed by atoms with van der Waals surface area (Å²) in [4.78, 5) is 36.1. The molecule has 2 aromatic carbocycles. The lowest BCUT2D eigenvalue weighted by molar-refractivity contribution is -0.126. The Morgan fingerprint density at radius 1 is 0.744 bits per heavy atom. The summed E-state index contributed by atoms with van der Waals surface area (Å²) in [7, 11) is 1.56. The Hall–Kier alpha value is -3.68. The molecule has 0 heterocycles. The van der Waals surface area contributed by atoms with Gasteiger partial charge in [-0.3, -0.25) is 9.59 Å². The lowest BCUT2D eigenvalue weighted by Gasteiger charge is -2.06. The van der Waals surface area contributed by atoms with Gasteiger partial charge in [0.25, 0.3) is 5.91 Å². The molecule has 0 atom stereocenters. The van der Waals surface area contributed by atoms with Crippen molar-refractivity contribution in [1.29, 1.82) is 0 Å². The number of ether oxygens (including phenoxy) is 2. The van der Waals surface area contributed by atoms with Crippen molar-refractivity contribution >= 4 is 24.0 Å². The van der Waals surface area contributed by atoms with Gasteiger partial charge in [0.15, 0.2) is 0 Å². The number of nitrogens with one attached hydrogen (secondary N) is 2. The van der Waals surface area contributed by atoms with E-state index in [-0.39, 0.29) is 12.5 Å². The Bertz CT molecular complexity index is 1020. The number of esters is 1. The van der Waals surface area contributed by atoms with Crippen molar-refractivity contribution < 1.29 is 23.9 Å². The number of benzene rings is 2. The van der Waals surface area contributed by atoms with Crippen molar-refractivity contribution in [2.75, 3.05) is 13.7 Å². The molecule has 2 N–H and O–H groups in total. The number of unbranched alkanes of at least 4 members (excludes halogenated alkanes) is 10. The molecule has 0 aliphatic carbocycles. The lowest BCUT2D eigenvalue weighted by atomic mass is 10.1. The number of methoxy groups -OCH3 is 1. The van der Waals surface area contributed by atoms with Crippen LogP contribution in [0, 0.1) is 0 Å². The van der Waals surface area contributed by atoms with Gasteiger partial charge >= 0.3 is 5.97 Å². The van der Waals surface area contributed by atoms with Gasteiger partial charge in [0.1, 0.15) is 11.5 Å². The molecular weight excluding hydrogens is 494 g/mol. The van der Waals surface area contributed by atoms with Crippen LogP contribution in [0.15, 0.2) is 53.6 Å². The third-order valence-corrected chi connectivity index (χ3v) is 6.27. The van der Waals surface area contributed by atoms with Crippen LogP contribution in [0.3, 0.4) is 0 Å². The summed E-state index contributed by atoms with van der Waals surface area (Å²) >= 11 is 0. The Labute approximate surface area is 232 Å². The van der Waals surface area contributed by atoms with Crippen molar-refractivity contribution in [2.45, 2.75) is 84.0 Å². The maximum atomic E-state index is 12.2. The minimum absolute atomic E-state index is 0.117. The second-order valence-electron chi connectivity index (χ2n) is 9.54. The number of amides is 2. The summed E-state index contributed by atoms with van der Waals surface area (Å²) in [6.07, 6.45) is 15.4. The molecule has 212 valence electrons. The first-order valence-corrected chi connectivity index (χ1v) is 14.1. The highest BCUT2D eigenvalue weighted by Crippen LogP contribution is 2.16. The fraction of sp³-hybridized carbons (Fsp3) is 0.484. The van der Waals surface area contributed by atoms with E-state index in [0.717, 1.165) is 19.3 Å². The van der Waals surface area contributed by atoms with Crippen molar-refractivity contribution in [3.05, 3.63) is 59.7 Å². The predicted octanol–water partition coefficient (Wildman–Crippen LogP) is 6.18. The highest BCUT2D eigenvalue weighted by atomic mass is 16.5. The quantitative estimate of drug-likeness (QED) is 0.0732. The van der Waals surface area contributed by atoms with E-state index in [4.69, 9.17) is 9.47 Å². The maximum absolute atomic E-state index is 12.2. The first-order valence-electron chi connectivity index (χ1n) is 14.1. The van der Waals surface area contributed by atoms with Gasteiger partial charge in [-0.2, -0.15) is 5.10 Å². The van der Waals surface area contributed by atoms with Gasteiger partial charge in [0.05, 0.1) is 25.4 Å². The van der Waals surface area contributed by atoms with Crippen LogP contribution in [0.5, 0.6) is 11.5 Å². The standard InChI is InChI=1S/C31H43N3O5/c1-3-4-5-6-7-8-9-10-11-12-13-14-29(35)32-24-30(36)34-33-23-25-15-19-28(20-16-25)39-31(37)26-17-21-27(38-2)22-18-26/h15-23H,3-14,24H2,1-2H3,(H,32,35)(H,34,36)/b33-23+. The van der Waals surface area contributed by atoms with E-state index in [1.165, 1.54) is 57.6 Å². The van der Waals surface area contributed by atoms with E-state index in [1.54, 1.807) is 55.6 Å². The van der Waals surface area contributed by atoms with Crippen LogP contribution < -0.4 is 20.2 Å². The van der Waals surface area contributed by atoms with Crippen LogP contribution >= 0.6 is 0 Å². The normalized spacial score (nSPS) is 10.8. The first-order chi connectivity index (χ1) is 19.0. The Kier molecular flexibility index (Phi) is 15.7. The SMILES string of the molecule is CCCCCCCCCCCCCC(=O)NCC(=O)N/N=C/c1ccc(OC(=O)c2ccc(OC)cc2)cc1. The van der Waals surface area contributed by atoms with Gasteiger partial charge in [-0.25, -0.2) is 10.2 Å². The smallest absolute Gasteiger partial charge is 0.343 e. The molecule has 8 nitrogen and oxygen atoms in total. The fourth-order valence-corrected chi connectivity index (χ4v) is 3.95. The van der Waals surface area contributed by atoms with Crippen LogP contribution in [0.2, 0.25) is 0 Å². The van der Waals surface area contributed by atoms with E-state index < -0.39 is 11.9 Å². The summed E-state index contributed by atoms with van der Waals surface area (Å²) in [5, 5.41) is 6.54. The van der Waals surface area contributed by atoms with Crippen LogP contribution in [-0.4, -0.2) is 37.7 Å². The molecule has 0 saturated carbocycles. The van der Waals surface area contributed by atoms with Gasteiger partial charge in [-0.05, 0) is 60.5 Å².